The molecule has 0 fully saturated rings. The molecule has 1 N–H and O–H groups in total. The maximum Gasteiger partial charge on any atom is 0.341 e. The highest BCUT2D eigenvalue weighted by molar-refractivity contribution is 5.89. The fraction of sp³-hybridized carbons (Fsp3) is 0.333. The Morgan fingerprint density at radius 3 is 2.50 bits per heavy atom. The molecule has 0 unspecified atom stereocenters. The summed E-state index contributed by atoms with van der Waals surface area (Å²) in [4.78, 5) is 11.1. The lowest BCUT2D eigenvalue weighted by Gasteiger charge is -2.01. The third-order valence-electron chi connectivity index (χ3n) is 3.12. The van der Waals surface area contributed by atoms with E-state index in [1.807, 2.05) is 18.2 Å². The molecule has 0 aliphatic carbocycles. The minimum Gasteiger partial charge on any atom is -0.477 e. The molecule has 1 heterocycles. The molecular weight excluding hydrogens is 278 g/mol. The quantitative estimate of drug-likeness (QED) is 0.826. The van der Waals surface area contributed by atoms with Gasteiger partial charge in [0, 0.05) is 0 Å². The molecule has 1 aromatic carbocycles. The molecule has 0 atom stereocenters. The molecule has 0 amide bonds. The van der Waals surface area contributed by atoms with Crippen LogP contribution in [-0.4, -0.2) is 16.2 Å². The fourth-order valence-corrected chi connectivity index (χ4v) is 2.13. The molecule has 0 radical (unpaired) electrons. The number of benzene rings is 1. The smallest absolute Gasteiger partial charge is 0.341 e. The van der Waals surface area contributed by atoms with E-state index in [0.717, 1.165) is 19.3 Å². The number of nitrogens with zero attached hydrogens (tertiary/aromatic N) is 1. The zero-order chi connectivity index (χ0) is 13.7. The number of carboxylic acid groups (broad SMARTS) is 1. The van der Waals surface area contributed by atoms with Crippen LogP contribution in [0.4, 0.5) is 0 Å². The molecule has 5 heteroatoms. The summed E-state index contributed by atoms with van der Waals surface area (Å²) in [6.45, 7) is 1.63. The average Bonchev–Trinajstić information content (AvgIpc) is 2.77. The Bertz CT molecular complexity index is 552. The van der Waals surface area contributed by atoms with E-state index in [0.29, 0.717) is 17.9 Å². The van der Waals surface area contributed by atoms with Crippen LogP contribution in [-0.2, 0) is 12.8 Å². The van der Waals surface area contributed by atoms with Crippen LogP contribution < -0.4 is 0 Å². The second kappa shape index (κ2) is 7.70. The predicted octanol–water partition coefficient (Wildman–Crippen LogP) is 3.67. The molecule has 0 saturated carbocycles. The van der Waals surface area contributed by atoms with Crippen molar-refractivity contribution < 1.29 is 14.4 Å². The number of aryl methyl sites for hydroxylation is 3. The van der Waals surface area contributed by atoms with Crippen molar-refractivity contribution in [2.75, 3.05) is 0 Å². The van der Waals surface area contributed by atoms with E-state index in [1.54, 1.807) is 6.92 Å². The van der Waals surface area contributed by atoms with Gasteiger partial charge in [-0.05, 0) is 38.2 Å². The minimum absolute atomic E-state index is 0. The Morgan fingerprint density at radius 2 is 1.85 bits per heavy atom. The molecular formula is C15H18ClNO3. The molecule has 0 spiro atoms. The van der Waals surface area contributed by atoms with E-state index < -0.39 is 5.97 Å². The van der Waals surface area contributed by atoms with Gasteiger partial charge in [-0.15, -0.1) is 12.4 Å². The van der Waals surface area contributed by atoms with Gasteiger partial charge in [-0.1, -0.05) is 35.5 Å². The number of halogens is 1. The lowest BCUT2D eigenvalue weighted by Crippen LogP contribution is -2.02. The Hall–Kier alpha value is -1.81. The van der Waals surface area contributed by atoms with Crippen LogP contribution in [0.25, 0.3) is 0 Å². The summed E-state index contributed by atoms with van der Waals surface area (Å²) in [6, 6.07) is 10.3. The SMILES string of the molecule is Cc1onc(CCCCc2ccccc2)c1C(=O)O.Cl. The summed E-state index contributed by atoms with van der Waals surface area (Å²) < 4.78 is 4.94. The highest BCUT2D eigenvalue weighted by atomic mass is 35.5. The van der Waals surface area contributed by atoms with Crippen molar-refractivity contribution in [3.63, 3.8) is 0 Å². The van der Waals surface area contributed by atoms with E-state index in [1.165, 1.54) is 5.56 Å². The topological polar surface area (TPSA) is 63.3 Å². The fourth-order valence-electron chi connectivity index (χ4n) is 2.13. The van der Waals surface area contributed by atoms with Crippen molar-refractivity contribution >= 4 is 18.4 Å². The third kappa shape index (κ3) is 4.10. The number of carboxylic acids is 1. The molecule has 20 heavy (non-hydrogen) atoms. The van der Waals surface area contributed by atoms with Gasteiger partial charge in [0.2, 0.25) is 0 Å². The van der Waals surface area contributed by atoms with Crippen LogP contribution in [0.3, 0.4) is 0 Å². The maximum atomic E-state index is 11.1. The Labute approximate surface area is 124 Å². The largest absolute Gasteiger partial charge is 0.477 e. The molecule has 0 aliphatic rings. The Morgan fingerprint density at radius 1 is 1.20 bits per heavy atom. The van der Waals surface area contributed by atoms with Crippen molar-refractivity contribution in [1.29, 1.82) is 0 Å². The van der Waals surface area contributed by atoms with E-state index >= 15 is 0 Å². The van der Waals surface area contributed by atoms with Crippen molar-refractivity contribution in [2.45, 2.75) is 32.6 Å². The van der Waals surface area contributed by atoms with Gasteiger partial charge in [0.25, 0.3) is 0 Å². The lowest BCUT2D eigenvalue weighted by molar-refractivity contribution is 0.0694. The van der Waals surface area contributed by atoms with Gasteiger partial charge in [0.15, 0.2) is 0 Å². The normalized spacial score (nSPS) is 10.1. The maximum absolute atomic E-state index is 11.1. The molecule has 0 saturated heterocycles. The summed E-state index contributed by atoms with van der Waals surface area (Å²) in [5.74, 6) is -0.581. The van der Waals surface area contributed by atoms with Crippen LogP contribution in [0.5, 0.6) is 0 Å². The summed E-state index contributed by atoms with van der Waals surface area (Å²) >= 11 is 0. The van der Waals surface area contributed by atoms with E-state index in [9.17, 15) is 4.79 Å². The highest BCUT2D eigenvalue weighted by Gasteiger charge is 2.18. The molecule has 2 aromatic rings. The second-order valence-electron chi connectivity index (χ2n) is 4.56. The van der Waals surface area contributed by atoms with Crippen LogP contribution in [0, 0.1) is 6.92 Å². The molecule has 2 rings (SSSR count). The third-order valence-corrected chi connectivity index (χ3v) is 3.12. The van der Waals surface area contributed by atoms with Crippen LogP contribution in [0.1, 0.15) is 40.2 Å². The minimum atomic E-state index is -0.961. The molecule has 4 nitrogen and oxygen atoms in total. The van der Waals surface area contributed by atoms with E-state index in [4.69, 9.17) is 9.63 Å². The predicted molar refractivity (Wildman–Crippen MR) is 78.5 cm³/mol. The van der Waals surface area contributed by atoms with Gasteiger partial charge in [-0.2, -0.15) is 0 Å². The van der Waals surface area contributed by atoms with Crippen molar-refractivity contribution in [2.24, 2.45) is 0 Å². The zero-order valence-corrected chi connectivity index (χ0v) is 12.2. The van der Waals surface area contributed by atoms with E-state index in [-0.39, 0.29) is 18.0 Å². The first-order valence-electron chi connectivity index (χ1n) is 6.41. The first kappa shape index (κ1) is 16.2. The summed E-state index contributed by atoms with van der Waals surface area (Å²) in [6.07, 6.45) is 3.56. The number of unbranched alkanes of at least 4 members (excludes halogenated alkanes) is 1. The Balaban J connectivity index is 0.00000200. The molecule has 0 bridgehead atoms. The highest BCUT2D eigenvalue weighted by Crippen LogP contribution is 2.16. The monoisotopic (exact) mass is 295 g/mol. The van der Waals surface area contributed by atoms with Crippen LogP contribution >= 0.6 is 12.4 Å². The zero-order valence-electron chi connectivity index (χ0n) is 11.3. The van der Waals surface area contributed by atoms with Crippen LogP contribution in [0.15, 0.2) is 34.9 Å². The number of carbonyl (C=O) groups is 1. The summed E-state index contributed by atoms with van der Waals surface area (Å²) in [5.41, 5.74) is 2.08. The molecule has 0 aliphatic heterocycles. The van der Waals surface area contributed by atoms with Gasteiger partial charge in [0.1, 0.15) is 11.3 Å². The molecule has 108 valence electrons. The van der Waals surface area contributed by atoms with E-state index in [2.05, 4.69) is 17.3 Å². The lowest BCUT2D eigenvalue weighted by atomic mass is 10.0. The summed E-state index contributed by atoms with van der Waals surface area (Å²) in [7, 11) is 0. The van der Waals surface area contributed by atoms with Gasteiger partial charge >= 0.3 is 5.97 Å². The van der Waals surface area contributed by atoms with Gasteiger partial charge in [-0.25, -0.2) is 4.79 Å². The van der Waals surface area contributed by atoms with Crippen molar-refractivity contribution in [3.8, 4) is 0 Å². The summed E-state index contributed by atoms with van der Waals surface area (Å²) in [5, 5.41) is 12.9. The number of rotatable bonds is 6. The van der Waals surface area contributed by atoms with Crippen molar-refractivity contribution in [1.82, 2.24) is 5.16 Å². The standard InChI is InChI=1S/C15H17NO3.ClH/c1-11-14(15(17)18)13(16-19-11)10-6-5-9-12-7-3-2-4-8-12;/h2-4,7-8H,5-6,9-10H2,1H3,(H,17,18);1H. The van der Waals surface area contributed by atoms with Gasteiger partial charge < -0.3 is 9.63 Å². The first-order valence-corrected chi connectivity index (χ1v) is 6.41. The van der Waals surface area contributed by atoms with Crippen LogP contribution in [0.2, 0.25) is 0 Å². The first-order chi connectivity index (χ1) is 9.18. The number of hydrogen-bond donors (Lipinski definition) is 1. The number of aromatic carboxylic acids is 1. The number of aromatic nitrogens is 1. The average molecular weight is 296 g/mol. The van der Waals surface area contributed by atoms with Gasteiger partial charge in [-0.3, -0.25) is 0 Å². The second-order valence-corrected chi connectivity index (χ2v) is 4.56. The van der Waals surface area contributed by atoms with Gasteiger partial charge in [0.05, 0.1) is 5.69 Å². The molecule has 1 aromatic heterocycles. The number of hydrogen-bond acceptors (Lipinski definition) is 3. The Kier molecular flexibility index (Phi) is 6.25. The van der Waals surface area contributed by atoms with Crippen molar-refractivity contribution in [3.05, 3.63) is 52.9 Å².